The van der Waals surface area contributed by atoms with Gasteiger partial charge in [-0.15, -0.1) is 0 Å². The van der Waals surface area contributed by atoms with Crippen LogP contribution >= 0.6 is 21.6 Å². The normalized spacial score (nSPS) is 40.8. The third-order valence-electron chi connectivity index (χ3n) is 10.3. The maximum atomic E-state index is 14.7. The van der Waals surface area contributed by atoms with Crippen molar-refractivity contribution in [2.45, 2.75) is 86.7 Å². The summed E-state index contributed by atoms with van der Waals surface area (Å²) < 4.78 is 23.9. The van der Waals surface area contributed by atoms with E-state index in [-0.39, 0.29) is 18.6 Å². The SMILES string of the molecule is CC(=O)O[C@H]1[C@]2(OC(C)=O)C[C@]34SS[C@](COC(=O)N5CCN(C)CC5)(C(=O)N3[C@@H]2C[C@@]12O[C@H](C)C(C)(C)C2=O)N(C)C4=O. The Hall–Kier alpha value is -2.56. The topological polar surface area (TPSA) is 152 Å². The molecule has 6 heterocycles. The minimum absolute atomic E-state index is 0.155. The number of carbonyl (C=O) groups excluding carboxylic acids is 6. The number of ether oxygens (including phenoxy) is 4. The summed E-state index contributed by atoms with van der Waals surface area (Å²) in [5, 5.41) is 0. The molecule has 16 heteroatoms. The van der Waals surface area contributed by atoms with E-state index >= 15 is 0 Å². The second-order valence-corrected chi connectivity index (χ2v) is 15.9. The molecule has 7 fully saturated rings. The number of amides is 3. The van der Waals surface area contributed by atoms with Crippen molar-refractivity contribution >= 4 is 57.2 Å². The number of hydrogen-bond acceptors (Lipinski definition) is 13. The van der Waals surface area contributed by atoms with Crippen molar-refractivity contribution in [2.75, 3.05) is 46.9 Å². The molecule has 3 amide bonds. The molecule has 2 bridgehead atoms. The first-order chi connectivity index (χ1) is 20.5. The van der Waals surface area contributed by atoms with Gasteiger partial charge in [-0.25, -0.2) is 4.79 Å². The highest BCUT2D eigenvalue weighted by atomic mass is 33.1. The van der Waals surface area contributed by atoms with Gasteiger partial charge < -0.3 is 38.5 Å². The van der Waals surface area contributed by atoms with Gasteiger partial charge in [0.1, 0.15) is 6.61 Å². The van der Waals surface area contributed by atoms with Crippen molar-refractivity contribution < 1.29 is 47.7 Å². The van der Waals surface area contributed by atoms with Crippen LogP contribution in [0.15, 0.2) is 0 Å². The van der Waals surface area contributed by atoms with Crippen molar-refractivity contribution in [3.05, 3.63) is 0 Å². The molecule has 1 saturated carbocycles. The monoisotopic (exact) mass is 654 g/mol. The molecule has 2 spiro atoms. The maximum absolute atomic E-state index is 14.7. The van der Waals surface area contributed by atoms with Crippen LogP contribution in [0.1, 0.15) is 47.5 Å². The number of fused-ring (bicyclic) bond motifs is 3. The number of esters is 2. The van der Waals surface area contributed by atoms with Gasteiger partial charge in [-0.05, 0) is 24.8 Å². The first kappa shape index (κ1) is 31.4. The summed E-state index contributed by atoms with van der Waals surface area (Å²) in [6.07, 6.45) is -2.96. The van der Waals surface area contributed by atoms with E-state index in [1.807, 2.05) is 7.05 Å². The standard InChI is InChI=1S/C28H38N4O10S2/c1-15-24(4,5)19(35)25(41-15)12-18-26(42-17(3)34,20(25)40-16(2)33)13-27-21(36)30(7)28(44-43-27,22(37)32(18)27)14-39-23(38)31-10-8-29(6)9-11-31/h15,18,20H,8-14H2,1-7H3/t15-,18-,20-,25+,26+,27-,28-/m1/s1. The van der Waals surface area contributed by atoms with E-state index in [1.54, 1.807) is 25.7 Å². The Morgan fingerprint density at radius 2 is 1.64 bits per heavy atom. The van der Waals surface area contributed by atoms with E-state index < -0.39 is 81.1 Å². The van der Waals surface area contributed by atoms with E-state index in [0.29, 0.717) is 26.2 Å². The molecule has 242 valence electrons. The maximum Gasteiger partial charge on any atom is 0.409 e. The Balaban J connectivity index is 1.40. The zero-order chi connectivity index (χ0) is 32.2. The van der Waals surface area contributed by atoms with Crippen LogP contribution < -0.4 is 0 Å². The van der Waals surface area contributed by atoms with Crippen LogP contribution in [-0.2, 0) is 42.9 Å². The number of piperazine rings is 2. The van der Waals surface area contributed by atoms with Crippen LogP contribution in [0.3, 0.4) is 0 Å². The fraction of sp³-hybridized carbons (Fsp3) is 0.786. The molecule has 0 unspecified atom stereocenters. The van der Waals surface area contributed by atoms with E-state index in [2.05, 4.69) is 4.90 Å². The van der Waals surface area contributed by atoms with Gasteiger partial charge in [0.25, 0.3) is 11.8 Å². The highest BCUT2D eigenvalue weighted by Gasteiger charge is 2.86. The van der Waals surface area contributed by atoms with E-state index in [4.69, 9.17) is 18.9 Å². The Labute approximate surface area is 263 Å². The average Bonchev–Trinajstić information content (AvgIpc) is 3.42. The molecule has 6 saturated heterocycles. The highest BCUT2D eigenvalue weighted by Crippen LogP contribution is 2.70. The molecule has 1 aliphatic carbocycles. The molecule has 7 atom stereocenters. The fourth-order valence-corrected chi connectivity index (χ4v) is 11.4. The number of hydrogen-bond donors (Lipinski definition) is 0. The fourth-order valence-electron chi connectivity index (χ4n) is 7.72. The minimum Gasteiger partial charge on any atom is -0.455 e. The molecule has 0 radical (unpaired) electrons. The molecular formula is C28H38N4O10S2. The van der Waals surface area contributed by atoms with Gasteiger partial charge in [-0.1, -0.05) is 24.6 Å². The predicted molar refractivity (Wildman–Crippen MR) is 156 cm³/mol. The largest absolute Gasteiger partial charge is 0.455 e. The summed E-state index contributed by atoms with van der Waals surface area (Å²) in [5.41, 5.74) is -4.46. The Morgan fingerprint density at radius 1 is 0.977 bits per heavy atom. The zero-order valence-electron chi connectivity index (χ0n) is 25.9. The summed E-state index contributed by atoms with van der Waals surface area (Å²) in [4.78, 5) is 84.5. The van der Waals surface area contributed by atoms with Crippen molar-refractivity contribution in [3.8, 4) is 0 Å². The lowest BCUT2D eigenvalue weighted by molar-refractivity contribution is -0.202. The minimum atomic E-state index is -1.76. The van der Waals surface area contributed by atoms with E-state index in [1.165, 1.54) is 30.7 Å². The highest BCUT2D eigenvalue weighted by molar-refractivity contribution is 8.78. The lowest BCUT2D eigenvalue weighted by atomic mass is 9.76. The smallest absolute Gasteiger partial charge is 0.409 e. The van der Waals surface area contributed by atoms with Crippen molar-refractivity contribution in [3.63, 3.8) is 0 Å². The molecule has 44 heavy (non-hydrogen) atoms. The molecule has 6 aliphatic heterocycles. The lowest BCUT2D eigenvalue weighted by Crippen LogP contribution is -2.77. The van der Waals surface area contributed by atoms with Gasteiger partial charge >= 0.3 is 18.0 Å². The van der Waals surface area contributed by atoms with Crippen LogP contribution in [0.5, 0.6) is 0 Å². The molecule has 14 nitrogen and oxygen atoms in total. The van der Waals surface area contributed by atoms with Crippen molar-refractivity contribution in [1.82, 2.24) is 19.6 Å². The zero-order valence-corrected chi connectivity index (χ0v) is 27.5. The van der Waals surface area contributed by atoms with E-state index in [0.717, 1.165) is 21.6 Å². The molecule has 0 aromatic carbocycles. The van der Waals surface area contributed by atoms with Crippen LogP contribution in [0.2, 0.25) is 0 Å². The second kappa shape index (κ2) is 9.97. The molecular weight excluding hydrogens is 616 g/mol. The van der Waals surface area contributed by atoms with Crippen LogP contribution in [0.4, 0.5) is 4.79 Å². The van der Waals surface area contributed by atoms with Gasteiger partial charge in [0.05, 0.1) is 17.6 Å². The van der Waals surface area contributed by atoms with Gasteiger partial charge in [-0.2, -0.15) is 0 Å². The summed E-state index contributed by atoms with van der Waals surface area (Å²) in [6.45, 7) is 9.47. The van der Waals surface area contributed by atoms with Crippen molar-refractivity contribution in [2.24, 2.45) is 5.41 Å². The Kier molecular flexibility index (Phi) is 7.12. The Morgan fingerprint density at radius 3 is 2.20 bits per heavy atom. The summed E-state index contributed by atoms with van der Waals surface area (Å²) in [6, 6.07) is -1.05. The predicted octanol–water partition coefficient (Wildman–Crippen LogP) is 0.621. The quantitative estimate of drug-likeness (QED) is 0.237. The third kappa shape index (κ3) is 3.95. The second-order valence-electron chi connectivity index (χ2n) is 13.3. The van der Waals surface area contributed by atoms with Crippen LogP contribution in [0, 0.1) is 5.41 Å². The van der Waals surface area contributed by atoms with Gasteiger partial charge in [0.15, 0.2) is 28.0 Å². The van der Waals surface area contributed by atoms with Crippen LogP contribution in [0.25, 0.3) is 0 Å². The number of rotatable bonds is 4. The van der Waals surface area contributed by atoms with Gasteiger partial charge in [0, 0.05) is 59.9 Å². The first-order valence-electron chi connectivity index (χ1n) is 14.7. The molecule has 0 N–H and O–H groups in total. The van der Waals surface area contributed by atoms with Crippen molar-refractivity contribution in [1.29, 1.82) is 0 Å². The molecule has 0 aromatic heterocycles. The summed E-state index contributed by atoms with van der Waals surface area (Å²) in [5.74, 6) is -2.76. The van der Waals surface area contributed by atoms with E-state index in [9.17, 15) is 28.8 Å². The molecule has 7 rings (SSSR count). The van der Waals surface area contributed by atoms with Gasteiger partial charge in [-0.3, -0.25) is 24.0 Å². The van der Waals surface area contributed by atoms with Crippen LogP contribution in [-0.4, -0.2) is 141 Å². The number of likely N-dealkylation sites (N-methyl/N-ethyl adjacent to an activating group) is 2. The summed E-state index contributed by atoms with van der Waals surface area (Å²) in [7, 11) is 5.69. The number of ketones is 1. The average molecular weight is 655 g/mol. The first-order valence-corrected chi connectivity index (χ1v) is 16.8. The summed E-state index contributed by atoms with van der Waals surface area (Å²) >= 11 is 0. The third-order valence-corrected chi connectivity index (χ3v) is 14.0. The number of nitrogens with zero attached hydrogens (tertiary/aromatic N) is 4. The number of carbonyl (C=O) groups is 6. The van der Waals surface area contributed by atoms with Gasteiger partial charge in [0.2, 0.25) is 4.87 Å². The molecule has 7 aliphatic rings. The molecule has 0 aromatic rings. The Bertz CT molecular complexity index is 1360. The lowest BCUT2D eigenvalue weighted by Gasteiger charge is -2.58. The number of Topliss-reactive ketones (excluding diaryl/α,β-unsaturated/α-hetero) is 1.